The quantitative estimate of drug-likeness (QED) is 0.777. The lowest BCUT2D eigenvalue weighted by atomic mass is 10.1. The predicted octanol–water partition coefficient (Wildman–Crippen LogP) is 1.60. The smallest absolute Gasteiger partial charge is 0.132 e. The van der Waals surface area contributed by atoms with Crippen LogP contribution in [-0.2, 0) is 12.8 Å². The molecule has 3 N–H and O–H groups in total. The molecule has 0 aliphatic carbocycles. The van der Waals surface area contributed by atoms with E-state index in [1.165, 1.54) is 16.5 Å². The minimum atomic E-state index is 0.677. The maximum absolute atomic E-state index is 5.70. The van der Waals surface area contributed by atoms with Crippen LogP contribution >= 0.6 is 0 Å². The molecule has 0 amide bonds. The Hall–Kier alpha value is -1.48. The fraction of sp³-hybridized carbons (Fsp3) is 0.333. The van der Waals surface area contributed by atoms with Crippen LogP contribution in [0.2, 0.25) is 0 Å². The molecule has 2 heterocycles. The van der Waals surface area contributed by atoms with Crippen molar-refractivity contribution in [2.45, 2.75) is 12.8 Å². The highest BCUT2D eigenvalue weighted by atomic mass is 16.5. The first-order chi connectivity index (χ1) is 7.40. The molecule has 78 valence electrons. The molecule has 15 heavy (non-hydrogen) atoms. The third kappa shape index (κ3) is 1.23. The van der Waals surface area contributed by atoms with Crippen LogP contribution in [0.15, 0.2) is 18.3 Å². The number of nitrogens with one attached hydrogen (secondary N) is 1. The summed E-state index contributed by atoms with van der Waals surface area (Å²) in [5, 5.41) is 1.23. The van der Waals surface area contributed by atoms with Crippen LogP contribution in [0, 0.1) is 0 Å². The number of hydrogen-bond acceptors (Lipinski definition) is 2. The molecule has 1 aromatic heterocycles. The molecule has 0 unspecified atom stereocenters. The van der Waals surface area contributed by atoms with Gasteiger partial charge in [-0.2, -0.15) is 0 Å². The highest BCUT2D eigenvalue weighted by Gasteiger charge is 2.18. The number of aromatic amines is 1. The Labute approximate surface area is 88.2 Å². The number of hydrogen-bond donors (Lipinski definition) is 2. The number of nitrogens with two attached hydrogens (primary N) is 1. The summed E-state index contributed by atoms with van der Waals surface area (Å²) in [5.74, 6) is 1.07. The maximum atomic E-state index is 5.70. The van der Waals surface area contributed by atoms with Crippen molar-refractivity contribution in [3.05, 3.63) is 29.5 Å². The molecule has 0 fully saturated rings. The van der Waals surface area contributed by atoms with Gasteiger partial charge in [0.25, 0.3) is 0 Å². The van der Waals surface area contributed by atoms with E-state index in [2.05, 4.69) is 17.1 Å². The van der Waals surface area contributed by atoms with E-state index in [0.29, 0.717) is 6.54 Å². The van der Waals surface area contributed by atoms with Crippen molar-refractivity contribution in [3.63, 3.8) is 0 Å². The molecule has 0 saturated carbocycles. The summed E-state index contributed by atoms with van der Waals surface area (Å²) in [5.41, 5.74) is 9.34. The van der Waals surface area contributed by atoms with E-state index in [1.54, 1.807) is 0 Å². The van der Waals surface area contributed by atoms with Gasteiger partial charge in [-0.3, -0.25) is 0 Å². The number of benzene rings is 1. The van der Waals surface area contributed by atoms with E-state index in [1.807, 2.05) is 6.20 Å². The van der Waals surface area contributed by atoms with Gasteiger partial charge in [-0.1, -0.05) is 6.07 Å². The molecule has 3 nitrogen and oxygen atoms in total. The molecule has 1 aliphatic rings. The van der Waals surface area contributed by atoms with Crippen LogP contribution in [0.1, 0.15) is 11.1 Å². The van der Waals surface area contributed by atoms with Gasteiger partial charge in [0, 0.05) is 23.5 Å². The Bertz CT molecular complexity index is 502. The third-order valence-electron chi connectivity index (χ3n) is 2.99. The molecule has 1 aliphatic heterocycles. The highest BCUT2D eigenvalue weighted by Crippen LogP contribution is 2.36. The number of rotatable bonds is 2. The standard InChI is InChI=1S/C12H14N2O/c13-5-3-9-7-14-10-2-1-8-4-6-15-12(8)11(9)10/h1-2,7,14H,3-6,13H2. The van der Waals surface area contributed by atoms with Crippen LogP contribution < -0.4 is 10.5 Å². The molecule has 0 spiro atoms. The SMILES string of the molecule is NCCc1c[nH]c2ccc3c(c12)OCC3. The zero-order valence-corrected chi connectivity index (χ0v) is 8.55. The van der Waals surface area contributed by atoms with Crippen molar-refractivity contribution in [1.29, 1.82) is 0 Å². The monoisotopic (exact) mass is 202 g/mol. The van der Waals surface area contributed by atoms with E-state index in [4.69, 9.17) is 10.5 Å². The van der Waals surface area contributed by atoms with Gasteiger partial charge in [0.05, 0.1) is 6.61 Å². The van der Waals surface area contributed by atoms with Crippen molar-refractivity contribution in [2.75, 3.05) is 13.2 Å². The van der Waals surface area contributed by atoms with Crippen LogP contribution in [0.5, 0.6) is 5.75 Å². The van der Waals surface area contributed by atoms with Gasteiger partial charge < -0.3 is 15.5 Å². The molecule has 0 saturated heterocycles. The zero-order chi connectivity index (χ0) is 10.3. The Morgan fingerprint density at radius 3 is 3.20 bits per heavy atom. The Balaban J connectivity index is 2.26. The molecule has 2 aromatic rings. The molecule has 0 bridgehead atoms. The van der Waals surface area contributed by atoms with Crippen LogP contribution in [-0.4, -0.2) is 18.1 Å². The van der Waals surface area contributed by atoms with Gasteiger partial charge in [0.2, 0.25) is 0 Å². The summed E-state index contributed by atoms with van der Waals surface area (Å²) < 4.78 is 5.70. The molecular formula is C12H14N2O. The Morgan fingerprint density at radius 1 is 1.40 bits per heavy atom. The minimum absolute atomic E-state index is 0.677. The molecular weight excluding hydrogens is 188 g/mol. The van der Waals surface area contributed by atoms with Crippen molar-refractivity contribution >= 4 is 10.9 Å². The number of ether oxygens (including phenoxy) is 1. The largest absolute Gasteiger partial charge is 0.492 e. The molecule has 1 aromatic carbocycles. The predicted molar refractivity (Wildman–Crippen MR) is 60.3 cm³/mol. The maximum Gasteiger partial charge on any atom is 0.132 e. The van der Waals surface area contributed by atoms with Gasteiger partial charge in [-0.25, -0.2) is 0 Å². The molecule has 3 rings (SSSR count). The highest BCUT2D eigenvalue weighted by molar-refractivity contribution is 5.91. The van der Waals surface area contributed by atoms with Crippen molar-refractivity contribution in [3.8, 4) is 5.75 Å². The van der Waals surface area contributed by atoms with E-state index in [0.717, 1.165) is 30.7 Å². The number of aromatic nitrogens is 1. The second kappa shape index (κ2) is 3.28. The van der Waals surface area contributed by atoms with E-state index < -0.39 is 0 Å². The lowest BCUT2D eigenvalue weighted by Crippen LogP contribution is -2.02. The van der Waals surface area contributed by atoms with Gasteiger partial charge in [0.15, 0.2) is 0 Å². The van der Waals surface area contributed by atoms with Crippen LogP contribution in [0.4, 0.5) is 0 Å². The molecule has 0 radical (unpaired) electrons. The second-order valence-electron chi connectivity index (χ2n) is 3.93. The summed E-state index contributed by atoms with van der Waals surface area (Å²) in [7, 11) is 0. The first-order valence-electron chi connectivity index (χ1n) is 5.35. The van der Waals surface area contributed by atoms with Crippen molar-refractivity contribution in [2.24, 2.45) is 5.73 Å². The molecule has 3 heteroatoms. The first kappa shape index (κ1) is 8.80. The lowest BCUT2D eigenvalue weighted by molar-refractivity contribution is 0.360. The number of fused-ring (bicyclic) bond motifs is 3. The summed E-state index contributed by atoms with van der Waals surface area (Å²) in [6.07, 6.45) is 3.97. The van der Waals surface area contributed by atoms with Crippen molar-refractivity contribution < 1.29 is 4.74 Å². The van der Waals surface area contributed by atoms with Crippen LogP contribution in [0.3, 0.4) is 0 Å². The fourth-order valence-electron chi connectivity index (χ4n) is 2.28. The second-order valence-corrected chi connectivity index (χ2v) is 3.93. The van der Waals surface area contributed by atoms with E-state index in [-0.39, 0.29) is 0 Å². The number of H-pyrrole nitrogens is 1. The topological polar surface area (TPSA) is 51.0 Å². The zero-order valence-electron chi connectivity index (χ0n) is 8.55. The first-order valence-corrected chi connectivity index (χ1v) is 5.35. The van der Waals surface area contributed by atoms with Gasteiger partial charge in [-0.05, 0) is 30.2 Å². The average Bonchev–Trinajstić information content (AvgIpc) is 2.83. The normalized spacial score (nSPS) is 14.2. The van der Waals surface area contributed by atoms with Gasteiger partial charge in [-0.15, -0.1) is 0 Å². The Morgan fingerprint density at radius 2 is 2.33 bits per heavy atom. The molecule has 0 atom stereocenters. The minimum Gasteiger partial charge on any atom is -0.492 e. The fourth-order valence-corrected chi connectivity index (χ4v) is 2.28. The third-order valence-corrected chi connectivity index (χ3v) is 2.99. The summed E-state index contributed by atoms with van der Waals surface area (Å²) in [6, 6.07) is 4.27. The van der Waals surface area contributed by atoms with E-state index >= 15 is 0 Å². The average molecular weight is 202 g/mol. The lowest BCUT2D eigenvalue weighted by Gasteiger charge is -2.03. The van der Waals surface area contributed by atoms with Gasteiger partial charge in [0.1, 0.15) is 5.75 Å². The Kier molecular flexibility index (Phi) is 1.92. The summed E-state index contributed by atoms with van der Waals surface area (Å²) in [6.45, 7) is 1.48. The summed E-state index contributed by atoms with van der Waals surface area (Å²) >= 11 is 0. The summed E-state index contributed by atoms with van der Waals surface area (Å²) in [4.78, 5) is 3.27. The van der Waals surface area contributed by atoms with Gasteiger partial charge >= 0.3 is 0 Å². The van der Waals surface area contributed by atoms with E-state index in [9.17, 15) is 0 Å². The van der Waals surface area contributed by atoms with Crippen LogP contribution in [0.25, 0.3) is 10.9 Å². The van der Waals surface area contributed by atoms with Crippen molar-refractivity contribution in [1.82, 2.24) is 4.98 Å².